The number of nitrogens with zero attached hydrogens (tertiary/aromatic N) is 1. The van der Waals surface area contributed by atoms with E-state index in [9.17, 15) is 0 Å². The topological polar surface area (TPSA) is 58.5 Å². The van der Waals surface area contributed by atoms with Crippen molar-refractivity contribution in [3.8, 4) is 0 Å². The molecular weight excluding hydrogens is 687 g/mol. The summed E-state index contributed by atoms with van der Waals surface area (Å²) in [4.78, 5) is 6.29. The number of benzene rings is 1. The number of fused-ring (bicyclic) bond motifs is 5. The Morgan fingerprint density at radius 2 is 1.42 bits per heavy atom. The maximum Gasteiger partial charge on any atom is 0.185 e. The SMILES string of the molecule is CC12CCC(O[Si](C)(C)C)CC1CCC1C2C(O[Si](C)(C)C)CC2(C)C1CCC2(O[Si](C)(C)C)/C(CO[Si](C)(C)C)=N/OCc1ccccc1. The summed E-state index contributed by atoms with van der Waals surface area (Å²) in [6.45, 7) is 34.2. The molecule has 1 aromatic carbocycles. The third kappa shape index (κ3) is 9.01. The summed E-state index contributed by atoms with van der Waals surface area (Å²) < 4.78 is 28.6. The van der Waals surface area contributed by atoms with Crippen molar-refractivity contribution in [3.63, 3.8) is 0 Å². The number of hydrogen-bond acceptors (Lipinski definition) is 6. The van der Waals surface area contributed by atoms with E-state index in [1.165, 1.54) is 32.1 Å². The van der Waals surface area contributed by atoms with Crippen molar-refractivity contribution < 1.29 is 22.5 Å². The van der Waals surface area contributed by atoms with Crippen LogP contribution in [0, 0.1) is 34.5 Å². The molecule has 0 heterocycles. The Labute approximate surface area is 310 Å². The van der Waals surface area contributed by atoms with E-state index >= 15 is 0 Å². The summed E-state index contributed by atoms with van der Waals surface area (Å²) in [6, 6.07) is 10.4. The van der Waals surface area contributed by atoms with Gasteiger partial charge in [0.25, 0.3) is 0 Å². The fourth-order valence-electron chi connectivity index (χ4n) is 11.0. The molecule has 0 N–H and O–H groups in total. The summed E-state index contributed by atoms with van der Waals surface area (Å²) in [7, 11) is -7.39. The third-order valence-corrected chi connectivity index (χ3v) is 16.5. The highest BCUT2D eigenvalue weighted by atomic mass is 28.4. The fourth-order valence-corrected chi connectivity index (χ4v) is 15.4. The summed E-state index contributed by atoms with van der Waals surface area (Å²) in [5.41, 5.74) is 1.67. The number of rotatable bonds is 13. The van der Waals surface area contributed by atoms with Crippen molar-refractivity contribution in [1.82, 2.24) is 0 Å². The Kier molecular flexibility index (Phi) is 11.8. The molecule has 50 heavy (non-hydrogen) atoms. The second-order valence-corrected chi connectivity index (χ2v) is 38.7. The first-order valence-corrected chi connectivity index (χ1v) is 33.5. The molecule has 0 aliphatic heterocycles. The molecule has 4 fully saturated rings. The van der Waals surface area contributed by atoms with E-state index in [4.69, 9.17) is 27.7 Å². The van der Waals surface area contributed by atoms with Gasteiger partial charge in [0.2, 0.25) is 0 Å². The molecule has 10 heteroatoms. The van der Waals surface area contributed by atoms with E-state index in [1.807, 2.05) is 6.07 Å². The smallest absolute Gasteiger partial charge is 0.185 e. The summed E-state index contributed by atoms with van der Waals surface area (Å²) in [5, 5.41) is 5.09. The first kappa shape index (κ1) is 40.6. The molecule has 0 radical (unpaired) electrons. The van der Waals surface area contributed by atoms with Gasteiger partial charge in [-0.1, -0.05) is 49.3 Å². The van der Waals surface area contributed by atoms with Gasteiger partial charge in [-0.15, -0.1) is 0 Å². The summed E-state index contributed by atoms with van der Waals surface area (Å²) in [6.07, 6.45) is 10.0. The zero-order valence-electron chi connectivity index (χ0n) is 34.4. The molecule has 284 valence electrons. The standard InChI is InChI=1S/C40H73NO5Si4/c1-38-24-22-32(44-48(6,7)8)26-31(38)20-21-33-34-23-25-40(46-50(12,13)14,39(34,2)27-35(37(33)38)45-49(9,10)11)36(29-43-47(3,4)5)41-42-28-30-18-16-15-17-19-30/h15-19,31-35,37H,20-29H2,1-14H3/b41-36+. The zero-order chi connectivity index (χ0) is 37.0. The molecule has 4 aliphatic carbocycles. The molecule has 1 aromatic rings. The van der Waals surface area contributed by atoms with Crippen molar-refractivity contribution in [1.29, 1.82) is 0 Å². The van der Waals surface area contributed by atoms with Crippen LogP contribution in [0.15, 0.2) is 35.5 Å². The van der Waals surface area contributed by atoms with E-state index in [2.05, 4.69) is 117 Å². The van der Waals surface area contributed by atoms with Crippen LogP contribution in [0.1, 0.15) is 70.8 Å². The first-order chi connectivity index (χ1) is 22.9. The highest BCUT2D eigenvalue weighted by Gasteiger charge is 2.70. The molecule has 9 atom stereocenters. The molecule has 0 aromatic heterocycles. The molecule has 5 rings (SSSR count). The minimum Gasteiger partial charge on any atom is -0.415 e. The second kappa shape index (κ2) is 14.6. The largest absolute Gasteiger partial charge is 0.415 e. The van der Waals surface area contributed by atoms with Gasteiger partial charge >= 0.3 is 0 Å². The van der Waals surface area contributed by atoms with Crippen molar-refractivity contribution in [2.45, 2.75) is 168 Å². The average Bonchev–Trinajstić information content (AvgIpc) is 3.24. The van der Waals surface area contributed by atoms with Crippen LogP contribution in [0.5, 0.6) is 0 Å². The molecular formula is C40H73NO5Si4. The van der Waals surface area contributed by atoms with Crippen LogP contribution in [0.3, 0.4) is 0 Å². The highest BCUT2D eigenvalue weighted by Crippen LogP contribution is 2.70. The van der Waals surface area contributed by atoms with Crippen LogP contribution >= 0.6 is 0 Å². The Balaban J connectivity index is 1.56. The van der Waals surface area contributed by atoms with Crippen LogP contribution in [0.4, 0.5) is 0 Å². The van der Waals surface area contributed by atoms with Crippen molar-refractivity contribution in [2.24, 2.45) is 39.7 Å². The predicted octanol–water partition coefficient (Wildman–Crippen LogP) is 11.1. The lowest BCUT2D eigenvalue weighted by atomic mass is 9.43. The van der Waals surface area contributed by atoms with Crippen molar-refractivity contribution in [3.05, 3.63) is 35.9 Å². The molecule has 4 aliphatic rings. The quantitative estimate of drug-likeness (QED) is 0.114. The van der Waals surface area contributed by atoms with Gasteiger partial charge in [0.05, 0.1) is 6.61 Å². The van der Waals surface area contributed by atoms with E-state index in [-0.39, 0.29) is 16.9 Å². The maximum atomic E-state index is 7.65. The van der Waals surface area contributed by atoms with Gasteiger partial charge < -0.3 is 22.5 Å². The highest BCUT2D eigenvalue weighted by molar-refractivity contribution is 6.71. The van der Waals surface area contributed by atoms with Crippen LogP contribution < -0.4 is 0 Å². The Morgan fingerprint density at radius 3 is 2.02 bits per heavy atom. The first-order valence-electron chi connectivity index (χ1n) is 19.9. The van der Waals surface area contributed by atoms with Crippen molar-refractivity contribution in [2.75, 3.05) is 6.61 Å². The van der Waals surface area contributed by atoms with Crippen molar-refractivity contribution >= 4 is 39.0 Å². The molecule has 0 spiro atoms. The Bertz CT molecular complexity index is 1330. The number of oxime groups is 1. The molecule has 9 unspecified atom stereocenters. The molecule has 0 saturated heterocycles. The minimum atomic E-state index is -2.06. The van der Waals surface area contributed by atoms with Gasteiger partial charge in [0.1, 0.15) is 17.9 Å². The predicted molar refractivity (Wildman–Crippen MR) is 219 cm³/mol. The van der Waals surface area contributed by atoms with Gasteiger partial charge in [-0.2, -0.15) is 0 Å². The lowest BCUT2D eigenvalue weighted by Crippen LogP contribution is -2.66. The van der Waals surface area contributed by atoms with Crippen LogP contribution in [0.25, 0.3) is 0 Å². The van der Waals surface area contributed by atoms with Crippen LogP contribution in [-0.2, 0) is 29.1 Å². The summed E-state index contributed by atoms with van der Waals surface area (Å²) >= 11 is 0. The maximum absolute atomic E-state index is 7.65. The molecule has 0 amide bonds. The van der Waals surface area contributed by atoms with Gasteiger partial charge in [-0.3, -0.25) is 0 Å². The molecule has 0 bridgehead atoms. The molecule has 4 saturated carbocycles. The third-order valence-electron chi connectivity index (χ3n) is 12.5. The van der Waals surface area contributed by atoms with E-state index in [1.54, 1.807) is 0 Å². The minimum absolute atomic E-state index is 0.141. The summed E-state index contributed by atoms with van der Waals surface area (Å²) in [5.74, 6) is 2.43. The Morgan fingerprint density at radius 1 is 0.760 bits per heavy atom. The lowest BCUT2D eigenvalue weighted by Gasteiger charge is -2.65. The molecule has 6 nitrogen and oxygen atoms in total. The fraction of sp³-hybridized carbons (Fsp3) is 0.825. The monoisotopic (exact) mass is 759 g/mol. The van der Waals surface area contributed by atoms with Gasteiger partial charge in [-0.05, 0) is 165 Å². The normalized spacial score (nSPS) is 36.8. The van der Waals surface area contributed by atoms with Crippen LogP contribution in [0.2, 0.25) is 78.6 Å². The second-order valence-electron chi connectivity index (χ2n) is 20.9. The van der Waals surface area contributed by atoms with Crippen LogP contribution in [-0.4, -0.2) is 63.4 Å². The van der Waals surface area contributed by atoms with E-state index in [0.29, 0.717) is 43.0 Å². The average molecular weight is 760 g/mol. The van der Waals surface area contributed by atoms with E-state index < -0.39 is 38.9 Å². The number of hydrogen-bond donors (Lipinski definition) is 0. The lowest BCUT2D eigenvalue weighted by molar-refractivity contribution is -0.183. The van der Waals surface area contributed by atoms with Gasteiger partial charge in [0, 0.05) is 17.6 Å². The van der Waals surface area contributed by atoms with Gasteiger partial charge in [0.15, 0.2) is 33.3 Å². The van der Waals surface area contributed by atoms with E-state index in [0.717, 1.165) is 30.5 Å². The van der Waals surface area contributed by atoms with Gasteiger partial charge in [-0.25, -0.2) is 0 Å². The Hall–Kier alpha value is -0.602. The zero-order valence-corrected chi connectivity index (χ0v) is 38.4.